The Kier molecular flexibility index (Phi) is 6.10. The van der Waals surface area contributed by atoms with E-state index in [0.717, 1.165) is 24.1 Å². The molecule has 1 aromatic carbocycles. The number of nitrogens with zero attached hydrogens (tertiary/aromatic N) is 1. The van der Waals surface area contributed by atoms with Gasteiger partial charge in [0.1, 0.15) is 0 Å². The Bertz CT molecular complexity index is 827. The predicted molar refractivity (Wildman–Crippen MR) is 98.1 cm³/mol. The molecular weight excluding hydrogens is 320 g/mol. The summed E-state index contributed by atoms with van der Waals surface area (Å²) in [5, 5.41) is 0. The minimum Gasteiger partial charge on any atom is -0.362 e. The predicted octanol–water partition coefficient (Wildman–Crippen LogP) is 2.95. The van der Waals surface area contributed by atoms with Gasteiger partial charge in [-0.2, -0.15) is 0 Å². The molecule has 2 rings (SSSR count). The molecule has 0 radical (unpaired) electrons. The van der Waals surface area contributed by atoms with Crippen LogP contribution in [0.15, 0.2) is 36.4 Å². The molecule has 0 saturated heterocycles. The smallest absolute Gasteiger partial charge is 0.238 e. The SMILES string of the molecule is CCc1cc(CC)c(CCN(C#Cc2ccccc2)S(C)(=O)=O)[nH]1. The Labute approximate surface area is 145 Å². The molecule has 2 aromatic rings. The van der Waals surface area contributed by atoms with Crippen LogP contribution in [0.5, 0.6) is 0 Å². The van der Waals surface area contributed by atoms with Gasteiger partial charge in [-0.25, -0.2) is 12.7 Å². The average Bonchev–Trinajstić information content (AvgIpc) is 2.97. The largest absolute Gasteiger partial charge is 0.362 e. The summed E-state index contributed by atoms with van der Waals surface area (Å²) in [5.41, 5.74) is 4.33. The molecule has 0 aliphatic rings. The van der Waals surface area contributed by atoms with E-state index >= 15 is 0 Å². The molecule has 4 nitrogen and oxygen atoms in total. The van der Waals surface area contributed by atoms with Gasteiger partial charge in [0.2, 0.25) is 10.0 Å². The van der Waals surface area contributed by atoms with E-state index in [9.17, 15) is 8.42 Å². The van der Waals surface area contributed by atoms with E-state index in [1.54, 1.807) is 0 Å². The second kappa shape index (κ2) is 8.07. The van der Waals surface area contributed by atoms with Crippen LogP contribution >= 0.6 is 0 Å². The first-order valence-electron chi connectivity index (χ1n) is 8.18. The highest BCUT2D eigenvalue weighted by molar-refractivity contribution is 7.88. The molecular formula is C19H24N2O2S. The fourth-order valence-electron chi connectivity index (χ4n) is 2.50. The first-order chi connectivity index (χ1) is 11.4. The van der Waals surface area contributed by atoms with Gasteiger partial charge in [0.25, 0.3) is 0 Å². The quantitative estimate of drug-likeness (QED) is 0.647. The maximum Gasteiger partial charge on any atom is 0.238 e. The Morgan fingerprint density at radius 1 is 1.12 bits per heavy atom. The van der Waals surface area contributed by atoms with E-state index in [1.807, 2.05) is 30.3 Å². The van der Waals surface area contributed by atoms with Crippen LogP contribution in [0.3, 0.4) is 0 Å². The molecule has 0 unspecified atom stereocenters. The van der Waals surface area contributed by atoms with Crippen LogP contribution in [0.2, 0.25) is 0 Å². The number of rotatable bonds is 6. The summed E-state index contributed by atoms with van der Waals surface area (Å²) in [6.07, 6.45) is 3.69. The van der Waals surface area contributed by atoms with Gasteiger partial charge >= 0.3 is 0 Å². The summed E-state index contributed by atoms with van der Waals surface area (Å²) in [7, 11) is -3.38. The van der Waals surface area contributed by atoms with E-state index in [4.69, 9.17) is 0 Å². The van der Waals surface area contributed by atoms with Gasteiger partial charge < -0.3 is 4.98 Å². The summed E-state index contributed by atoms with van der Waals surface area (Å²) in [6.45, 7) is 4.55. The molecule has 128 valence electrons. The molecule has 1 N–H and O–H groups in total. The summed E-state index contributed by atoms with van der Waals surface area (Å²) in [4.78, 5) is 3.39. The van der Waals surface area contributed by atoms with Crippen LogP contribution < -0.4 is 0 Å². The molecule has 1 aromatic heterocycles. The summed E-state index contributed by atoms with van der Waals surface area (Å²) >= 11 is 0. The van der Waals surface area contributed by atoms with Gasteiger partial charge in [0, 0.05) is 36.0 Å². The molecule has 0 aliphatic carbocycles. The van der Waals surface area contributed by atoms with Gasteiger partial charge in [-0.1, -0.05) is 32.0 Å². The van der Waals surface area contributed by atoms with Crippen molar-refractivity contribution in [2.45, 2.75) is 33.1 Å². The van der Waals surface area contributed by atoms with E-state index in [-0.39, 0.29) is 0 Å². The Morgan fingerprint density at radius 3 is 2.42 bits per heavy atom. The molecule has 5 heteroatoms. The van der Waals surface area contributed by atoms with Crippen LogP contribution in [0.25, 0.3) is 0 Å². The summed E-state index contributed by atoms with van der Waals surface area (Å²) in [5.74, 6) is 2.92. The van der Waals surface area contributed by atoms with E-state index in [1.165, 1.54) is 21.8 Å². The van der Waals surface area contributed by atoms with Crippen LogP contribution in [0.1, 0.15) is 36.4 Å². The standard InChI is InChI=1S/C19H24N2O2S/c1-4-17-15-18(5-2)20-19(17)12-14-21(24(3,22)23)13-11-16-9-7-6-8-10-16/h6-10,15,20H,4-5,12,14H2,1-3H3. The van der Waals surface area contributed by atoms with Crippen LogP contribution in [-0.2, 0) is 29.3 Å². The third-order valence-corrected chi connectivity index (χ3v) is 4.95. The van der Waals surface area contributed by atoms with Crippen molar-refractivity contribution in [1.29, 1.82) is 0 Å². The summed E-state index contributed by atoms with van der Waals surface area (Å²) in [6, 6.07) is 14.3. The van der Waals surface area contributed by atoms with Gasteiger partial charge in [-0.3, -0.25) is 0 Å². The van der Waals surface area contributed by atoms with Gasteiger partial charge in [0.05, 0.1) is 6.26 Å². The third kappa shape index (κ3) is 4.90. The molecule has 0 aliphatic heterocycles. The lowest BCUT2D eigenvalue weighted by atomic mass is 10.1. The van der Waals surface area contributed by atoms with Crippen molar-refractivity contribution >= 4 is 10.0 Å². The molecule has 1 heterocycles. The van der Waals surface area contributed by atoms with Crippen molar-refractivity contribution < 1.29 is 8.42 Å². The molecule has 0 atom stereocenters. The number of aromatic nitrogens is 1. The number of benzene rings is 1. The minimum atomic E-state index is -3.38. The maximum atomic E-state index is 12.0. The molecule has 24 heavy (non-hydrogen) atoms. The average molecular weight is 344 g/mol. The number of aromatic amines is 1. The first-order valence-corrected chi connectivity index (χ1v) is 10.0. The number of nitrogens with one attached hydrogen (secondary N) is 1. The molecule has 0 amide bonds. The maximum absolute atomic E-state index is 12.0. The van der Waals surface area contributed by atoms with Crippen molar-refractivity contribution in [3.63, 3.8) is 0 Å². The Hall–Kier alpha value is -2.19. The van der Waals surface area contributed by atoms with Gasteiger partial charge in [-0.15, -0.1) is 0 Å². The molecule has 0 spiro atoms. The highest BCUT2D eigenvalue weighted by atomic mass is 32.2. The zero-order chi connectivity index (χ0) is 17.6. The number of aryl methyl sites for hydroxylation is 2. The fourth-order valence-corrected chi connectivity index (χ4v) is 3.14. The van der Waals surface area contributed by atoms with Crippen molar-refractivity contribution in [2.75, 3.05) is 12.8 Å². The van der Waals surface area contributed by atoms with Gasteiger partial charge in [0.15, 0.2) is 0 Å². The summed E-state index contributed by atoms with van der Waals surface area (Å²) < 4.78 is 25.2. The fraction of sp³-hybridized carbons (Fsp3) is 0.368. The zero-order valence-electron chi connectivity index (χ0n) is 14.5. The van der Waals surface area contributed by atoms with Crippen molar-refractivity contribution in [3.8, 4) is 12.0 Å². The van der Waals surface area contributed by atoms with Crippen molar-refractivity contribution in [3.05, 3.63) is 58.9 Å². The monoisotopic (exact) mass is 344 g/mol. The number of hydrogen-bond donors (Lipinski definition) is 1. The lowest BCUT2D eigenvalue weighted by molar-refractivity contribution is 0.516. The first kappa shape index (κ1) is 18.2. The minimum absolute atomic E-state index is 0.343. The van der Waals surface area contributed by atoms with Crippen LogP contribution in [0, 0.1) is 12.0 Å². The van der Waals surface area contributed by atoms with E-state index in [0.29, 0.717) is 13.0 Å². The lowest BCUT2D eigenvalue weighted by Crippen LogP contribution is -2.27. The highest BCUT2D eigenvalue weighted by Gasteiger charge is 2.14. The lowest BCUT2D eigenvalue weighted by Gasteiger charge is -2.15. The molecule has 0 fully saturated rings. The topological polar surface area (TPSA) is 53.2 Å². The molecule has 0 saturated carbocycles. The normalized spacial score (nSPS) is 11.0. The van der Waals surface area contributed by atoms with Crippen LogP contribution in [-0.4, -0.2) is 30.5 Å². The number of H-pyrrole nitrogens is 1. The van der Waals surface area contributed by atoms with Crippen molar-refractivity contribution in [1.82, 2.24) is 9.29 Å². The highest BCUT2D eigenvalue weighted by Crippen LogP contribution is 2.14. The Balaban J connectivity index is 2.16. The second-order valence-electron chi connectivity index (χ2n) is 5.69. The molecule has 0 bridgehead atoms. The van der Waals surface area contributed by atoms with Gasteiger partial charge in [-0.05, 0) is 42.5 Å². The Morgan fingerprint density at radius 2 is 1.83 bits per heavy atom. The third-order valence-electron chi connectivity index (χ3n) is 3.87. The van der Waals surface area contributed by atoms with E-state index < -0.39 is 10.0 Å². The number of sulfonamides is 1. The van der Waals surface area contributed by atoms with Crippen LogP contribution in [0.4, 0.5) is 0 Å². The second-order valence-corrected chi connectivity index (χ2v) is 7.60. The van der Waals surface area contributed by atoms with Crippen molar-refractivity contribution in [2.24, 2.45) is 0 Å². The zero-order valence-corrected chi connectivity index (χ0v) is 15.3. The number of hydrogen-bond acceptors (Lipinski definition) is 2. The van der Waals surface area contributed by atoms with E-state index in [2.05, 4.69) is 36.9 Å².